The van der Waals surface area contributed by atoms with Crippen molar-refractivity contribution in [3.05, 3.63) is 24.4 Å². The summed E-state index contributed by atoms with van der Waals surface area (Å²) in [5.74, 6) is 0.558. The van der Waals surface area contributed by atoms with Crippen molar-refractivity contribution in [2.24, 2.45) is 0 Å². The lowest BCUT2D eigenvalue weighted by Gasteiger charge is -2.16. The molecule has 0 amide bonds. The first-order valence-electron chi connectivity index (χ1n) is 4.96. The van der Waals surface area contributed by atoms with Crippen molar-refractivity contribution in [3.8, 4) is 11.5 Å². The number of nitrogens with zero attached hydrogens (tertiary/aromatic N) is 5. The molecule has 1 N–H and O–H groups in total. The van der Waals surface area contributed by atoms with Crippen LogP contribution in [0.2, 0.25) is 0 Å². The summed E-state index contributed by atoms with van der Waals surface area (Å²) < 4.78 is 1.54. The van der Waals surface area contributed by atoms with Gasteiger partial charge in [-0.2, -0.15) is 0 Å². The summed E-state index contributed by atoms with van der Waals surface area (Å²) in [4.78, 5) is 4.17. The van der Waals surface area contributed by atoms with Gasteiger partial charge in [-0.1, -0.05) is 6.07 Å². The third-order valence-electron chi connectivity index (χ3n) is 1.96. The quantitative estimate of drug-likeness (QED) is 0.813. The van der Waals surface area contributed by atoms with Gasteiger partial charge in [0.15, 0.2) is 0 Å². The highest BCUT2D eigenvalue weighted by Gasteiger charge is 2.18. The number of rotatable bonds is 3. The molecule has 2 heterocycles. The predicted molar refractivity (Wildman–Crippen MR) is 57.3 cm³/mol. The minimum atomic E-state index is -0.862. The van der Waals surface area contributed by atoms with Crippen molar-refractivity contribution < 1.29 is 5.11 Å². The number of tetrazole rings is 1. The molecule has 2 rings (SSSR count). The summed E-state index contributed by atoms with van der Waals surface area (Å²) >= 11 is 0. The zero-order valence-corrected chi connectivity index (χ0v) is 9.20. The van der Waals surface area contributed by atoms with Gasteiger partial charge in [-0.05, 0) is 36.4 Å². The van der Waals surface area contributed by atoms with E-state index in [2.05, 4.69) is 20.5 Å². The second-order valence-electron chi connectivity index (χ2n) is 4.19. The Morgan fingerprint density at radius 1 is 1.38 bits per heavy atom. The van der Waals surface area contributed by atoms with E-state index in [1.54, 1.807) is 24.7 Å². The van der Waals surface area contributed by atoms with Crippen LogP contribution in [0.5, 0.6) is 0 Å². The first kappa shape index (κ1) is 10.7. The second kappa shape index (κ2) is 3.97. The van der Waals surface area contributed by atoms with Crippen molar-refractivity contribution in [3.63, 3.8) is 0 Å². The Hall–Kier alpha value is -1.82. The number of aromatic nitrogens is 5. The molecular weight excluding hydrogens is 206 g/mol. The van der Waals surface area contributed by atoms with Crippen LogP contribution in [0.1, 0.15) is 13.8 Å². The number of pyridine rings is 1. The minimum Gasteiger partial charge on any atom is -0.389 e. The highest BCUT2D eigenvalue weighted by atomic mass is 16.3. The van der Waals surface area contributed by atoms with E-state index in [4.69, 9.17) is 0 Å². The SMILES string of the molecule is CC(C)(O)Cn1nnnc1-c1ccccn1. The van der Waals surface area contributed by atoms with Crippen molar-refractivity contribution in [2.75, 3.05) is 0 Å². The van der Waals surface area contributed by atoms with Crippen LogP contribution in [0.3, 0.4) is 0 Å². The number of hydrogen-bond acceptors (Lipinski definition) is 5. The largest absolute Gasteiger partial charge is 0.389 e. The van der Waals surface area contributed by atoms with Gasteiger partial charge in [-0.25, -0.2) is 4.68 Å². The molecule has 84 valence electrons. The summed E-state index contributed by atoms with van der Waals surface area (Å²) in [5, 5.41) is 21.1. The zero-order chi connectivity index (χ0) is 11.6. The maximum atomic E-state index is 9.72. The average Bonchev–Trinajstić information content (AvgIpc) is 2.64. The van der Waals surface area contributed by atoms with Gasteiger partial charge in [-0.3, -0.25) is 4.98 Å². The summed E-state index contributed by atoms with van der Waals surface area (Å²) in [6, 6.07) is 5.52. The first-order valence-corrected chi connectivity index (χ1v) is 4.96. The van der Waals surface area contributed by atoms with Crippen molar-refractivity contribution >= 4 is 0 Å². The number of hydrogen-bond donors (Lipinski definition) is 1. The van der Waals surface area contributed by atoms with Gasteiger partial charge in [0.2, 0.25) is 5.82 Å². The molecule has 0 aromatic carbocycles. The van der Waals surface area contributed by atoms with Gasteiger partial charge in [-0.15, -0.1) is 5.10 Å². The fourth-order valence-electron chi connectivity index (χ4n) is 1.36. The van der Waals surface area contributed by atoms with E-state index < -0.39 is 5.60 Å². The molecule has 0 atom stereocenters. The topological polar surface area (TPSA) is 76.7 Å². The molecule has 0 spiro atoms. The summed E-state index contributed by atoms with van der Waals surface area (Å²) in [6.45, 7) is 3.74. The third kappa shape index (κ3) is 2.40. The third-order valence-corrected chi connectivity index (χ3v) is 1.96. The second-order valence-corrected chi connectivity index (χ2v) is 4.19. The Morgan fingerprint density at radius 3 is 2.81 bits per heavy atom. The highest BCUT2D eigenvalue weighted by Crippen LogP contribution is 2.14. The van der Waals surface area contributed by atoms with Crippen LogP contribution in [0.25, 0.3) is 11.5 Å². The standard InChI is InChI=1S/C10H13N5O/c1-10(2,16)7-15-9(12-13-14-15)8-5-3-4-6-11-8/h3-6,16H,7H2,1-2H3. The lowest BCUT2D eigenvalue weighted by molar-refractivity contribution is 0.0576. The van der Waals surface area contributed by atoms with E-state index in [1.807, 2.05) is 18.2 Å². The average molecular weight is 219 g/mol. The van der Waals surface area contributed by atoms with E-state index in [0.29, 0.717) is 18.1 Å². The molecule has 0 saturated heterocycles. The molecule has 0 aliphatic carbocycles. The van der Waals surface area contributed by atoms with Crippen LogP contribution >= 0.6 is 0 Å². The summed E-state index contributed by atoms with van der Waals surface area (Å²) in [5.41, 5.74) is -0.171. The van der Waals surface area contributed by atoms with Crippen LogP contribution in [-0.4, -0.2) is 35.9 Å². The van der Waals surface area contributed by atoms with Gasteiger partial charge < -0.3 is 5.11 Å². The number of aliphatic hydroxyl groups is 1. The van der Waals surface area contributed by atoms with Gasteiger partial charge in [0, 0.05) is 6.20 Å². The maximum Gasteiger partial charge on any atom is 0.200 e. The van der Waals surface area contributed by atoms with Gasteiger partial charge >= 0.3 is 0 Å². The van der Waals surface area contributed by atoms with Crippen molar-refractivity contribution in [1.29, 1.82) is 0 Å². The molecule has 0 bridgehead atoms. The van der Waals surface area contributed by atoms with E-state index in [0.717, 1.165) is 0 Å². The van der Waals surface area contributed by atoms with Gasteiger partial charge in [0.05, 0.1) is 12.1 Å². The molecular formula is C10H13N5O. The van der Waals surface area contributed by atoms with E-state index in [1.165, 1.54) is 0 Å². The van der Waals surface area contributed by atoms with Crippen LogP contribution < -0.4 is 0 Å². The van der Waals surface area contributed by atoms with Gasteiger partial charge in [0.25, 0.3) is 0 Å². The Bertz CT molecular complexity index is 460. The molecule has 0 aliphatic heterocycles. The normalized spacial score (nSPS) is 11.7. The molecule has 0 radical (unpaired) electrons. The smallest absolute Gasteiger partial charge is 0.200 e. The molecule has 2 aromatic heterocycles. The van der Waals surface area contributed by atoms with Crippen LogP contribution in [0, 0.1) is 0 Å². The van der Waals surface area contributed by atoms with Crippen molar-refractivity contribution in [2.45, 2.75) is 26.0 Å². The van der Waals surface area contributed by atoms with Crippen LogP contribution in [0.4, 0.5) is 0 Å². The first-order chi connectivity index (χ1) is 7.56. The zero-order valence-electron chi connectivity index (χ0n) is 9.20. The fourth-order valence-corrected chi connectivity index (χ4v) is 1.36. The molecule has 2 aromatic rings. The maximum absolute atomic E-state index is 9.72. The highest BCUT2D eigenvalue weighted by molar-refractivity contribution is 5.47. The van der Waals surface area contributed by atoms with Gasteiger partial charge in [0.1, 0.15) is 5.69 Å². The van der Waals surface area contributed by atoms with Crippen molar-refractivity contribution in [1.82, 2.24) is 25.2 Å². The van der Waals surface area contributed by atoms with Crippen LogP contribution in [-0.2, 0) is 6.54 Å². The Kier molecular flexibility index (Phi) is 2.66. The molecule has 0 unspecified atom stereocenters. The molecule has 0 saturated carbocycles. The molecule has 6 heteroatoms. The Labute approximate surface area is 92.9 Å². The lowest BCUT2D eigenvalue weighted by atomic mass is 10.1. The molecule has 16 heavy (non-hydrogen) atoms. The van der Waals surface area contributed by atoms with E-state index >= 15 is 0 Å². The monoisotopic (exact) mass is 219 g/mol. The predicted octanol–water partition coefficient (Wildman–Crippen LogP) is 0.506. The fraction of sp³-hybridized carbons (Fsp3) is 0.400. The van der Waals surface area contributed by atoms with Crippen LogP contribution in [0.15, 0.2) is 24.4 Å². The van der Waals surface area contributed by atoms with E-state index in [9.17, 15) is 5.11 Å². The molecule has 0 fully saturated rings. The lowest BCUT2D eigenvalue weighted by Crippen LogP contribution is -2.27. The van der Waals surface area contributed by atoms with E-state index in [-0.39, 0.29) is 0 Å². The minimum absolute atomic E-state index is 0.325. The molecule has 0 aliphatic rings. The summed E-state index contributed by atoms with van der Waals surface area (Å²) in [7, 11) is 0. The Morgan fingerprint density at radius 2 is 2.19 bits per heavy atom. The molecule has 6 nitrogen and oxygen atoms in total. The Balaban J connectivity index is 2.33. The summed E-state index contributed by atoms with van der Waals surface area (Å²) in [6.07, 6.45) is 1.68.